The molecule has 2 heterocycles. The summed E-state index contributed by atoms with van der Waals surface area (Å²) in [5.41, 5.74) is 6.36. The van der Waals surface area contributed by atoms with E-state index in [9.17, 15) is 0 Å². The number of nitrogens with two attached hydrogens (primary N) is 1. The van der Waals surface area contributed by atoms with Crippen molar-refractivity contribution in [3.63, 3.8) is 0 Å². The number of aromatic nitrogens is 3. The van der Waals surface area contributed by atoms with Crippen LogP contribution in [0.25, 0.3) is 0 Å². The highest BCUT2D eigenvalue weighted by Crippen LogP contribution is 2.21. The first kappa shape index (κ1) is 13.2. The van der Waals surface area contributed by atoms with E-state index in [1.54, 1.807) is 12.3 Å². The Morgan fingerprint density at radius 2 is 2.26 bits per heavy atom. The fourth-order valence-electron chi connectivity index (χ4n) is 1.60. The van der Waals surface area contributed by atoms with Gasteiger partial charge in [-0.3, -0.25) is 4.68 Å². The molecule has 0 saturated carbocycles. The quantitative estimate of drug-likeness (QED) is 0.828. The molecule has 0 aliphatic rings. The second-order valence-corrected chi connectivity index (χ2v) is 4.45. The largest absolute Gasteiger partial charge is 0.473 e. The molecule has 6 nitrogen and oxygen atoms in total. The number of hydrogen-bond donors (Lipinski definition) is 2. The molecular weight excluding hydrogens is 242 g/mol. The van der Waals surface area contributed by atoms with Gasteiger partial charge >= 0.3 is 0 Å². The fourth-order valence-corrected chi connectivity index (χ4v) is 1.60. The van der Waals surface area contributed by atoms with E-state index in [1.807, 2.05) is 36.9 Å². The van der Waals surface area contributed by atoms with Crippen molar-refractivity contribution in [2.24, 2.45) is 0 Å². The Kier molecular flexibility index (Phi) is 4.22. The first-order chi connectivity index (χ1) is 9.15. The lowest BCUT2D eigenvalue weighted by Crippen LogP contribution is -2.13. The van der Waals surface area contributed by atoms with Crippen LogP contribution in [-0.2, 0) is 6.54 Å². The van der Waals surface area contributed by atoms with Crippen LogP contribution in [0.4, 0.5) is 11.5 Å². The molecule has 0 saturated heterocycles. The number of pyridine rings is 1. The van der Waals surface area contributed by atoms with Crippen molar-refractivity contribution >= 4 is 11.5 Å². The van der Waals surface area contributed by atoms with Gasteiger partial charge in [-0.25, -0.2) is 0 Å². The number of rotatable bonds is 6. The maximum Gasteiger partial charge on any atom is 0.239 e. The smallest absolute Gasteiger partial charge is 0.239 e. The summed E-state index contributed by atoms with van der Waals surface area (Å²) in [5, 5.41) is 7.35. The van der Waals surface area contributed by atoms with Crippen molar-refractivity contribution in [3.8, 4) is 5.88 Å². The molecule has 6 heteroatoms. The van der Waals surface area contributed by atoms with Crippen LogP contribution < -0.4 is 15.8 Å². The summed E-state index contributed by atoms with van der Waals surface area (Å²) in [6, 6.07) is 5.53. The first-order valence-electron chi connectivity index (χ1n) is 6.29. The van der Waals surface area contributed by atoms with Gasteiger partial charge in [0.05, 0.1) is 18.3 Å². The number of hydrogen-bond acceptors (Lipinski definition) is 5. The monoisotopic (exact) mass is 261 g/mol. The first-order valence-corrected chi connectivity index (χ1v) is 6.29. The molecule has 19 heavy (non-hydrogen) atoms. The van der Waals surface area contributed by atoms with E-state index < -0.39 is 0 Å². The van der Waals surface area contributed by atoms with Crippen LogP contribution >= 0.6 is 0 Å². The number of nitrogen functional groups attached to an aromatic ring is 1. The summed E-state index contributed by atoms with van der Waals surface area (Å²) in [6.07, 6.45) is 3.73. The van der Waals surface area contributed by atoms with Gasteiger partial charge in [-0.1, -0.05) is 0 Å². The van der Waals surface area contributed by atoms with Crippen LogP contribution in [-0.4, -0.2) is 27.4 Å². The summed E-state index contributed by atoms with van der Waals surface area (Å²) in [5.74, 6) is 1.22. The van der Waals surface area contributed by atoms with Crippen molar-refractivity contribution in [2.45, 2.75) is 26.5 Å². The molecule has 0 fully saturated rings. The van der Waals surface area contributed by atoms with E-state index in [4.69, 9.17) is 10.5 Å². The van der Waals surface area contributed by atoms with Gasteiger partial charge in [0, 0.05) is 18.9 Å². The number of anilines is 2. The molecular formula is C13H19N5O. The number of nitrogens with zero attached hydrogens (tertiary/aromatic N) is 3. The standard InChI is InChI=1S/C13H19N5O/c1-10(2)19-13-11(14)4-5-12(17-13)15-7-9-18-8-3-6-16-18/h3-6,8,10H,7,9,14H2,1-2H3,(H,15,17). The fraction of sp³-hybridized carbons (Fsp3) is 0.385. The lowest BCUT2D eigenvalue weighted by Gasteiger charge is -2.13. The summed E-state index contributed by atoms with van der Waals surface area (Å²) in [6.45, 7) is 5.40. The molecule has 0 aliphatic carbocycles. The molecule has 0 spiro atoms. The van der Waals surface area contributed by atoms with E-state index >= 15 is 0 Å². The molecule has 0 bridgehead atoms. The second kappa shape index (κ2) is 6.08. The van der Waals surface area contributed by atoms with Crippen molar-refractivity contribution in [3.05, 3.63) is 30.6 Å². The van der Waals surface area contributed by atoms with Crippen LogP contribution in [0.15, 0.2) is 30.6 Å². The third-order valence-corrected chi connectivity index (χ3v) is 2.44. The highest BCUT2D eigenvalue weighted by Gasteiger charge is 2.06. The average Bonchev–Trinajstić information content (AvgIpc) is 2.86. The van der Waals surface area contributed by atoms with Gasteiger partial charge in [-0.05, 0) is 32.0 Å². The number of ether oxygens (including phenoxy) is 1. The molecule has 0 amide bonds. The Bertz CT molecular complexity index is 510. The average molecular weight is 261 g/mol. The topological polar surface area (TPSA) is 78.0 Å². The lowest BCUT2D eigenvalue weighted by atomic mass is 10.4. The zero-order valence-corrected chi connectivity index (χ0v) is 11.2. The summed E-state index contributed by atoms with van der Waals surface area (Å²) in [7, 11) is 0. The van der Waals surface area contributed by atoms with Crippen LogP contribution in [0.2, 0.25) is 0 Å². The number of nitrogens with one attached hydrogen (secondary N) is 1. The predicted molar refractivity (Wildman–Crippen MR) is 75.1 cm³/mol. The second-order valence-electron chi connectivity index (χ2n) is 4.45. The maximum atomic E-state index is 5.81. The Balaban J connectivity index is 1.93. The highest BCUT2D eigenvalue weighted by molar-refractivity contribution is 5.53. The minimum atomic E-state index is 0.0501. The minimum absolute atomic E-state index is 0.0501. The van der Waals surface area contributed by atoms with Crippen LogP contribution in [0, 0.1) is 0 Å². The SMILES string of the molecule is CC(C)Oc1nc(NCCn2cccn2)ccc1N. The van der Waals surface area contributed by atoms with Gasteiger partial charge in [0.15, 0.2) is 0 Å². The van der Waals surface area contributed by atoms with Gasteiger partial charge in [0.2, 0.25) is 5.88 Å². The normalized spacial score (nSPS) is 10.7. The van der Waals surface area contributed by atoms with Crippen molar-refractivity contribution in [1.29, 1.82) is 0 Å². The molecule has 2 aromatic rings. The zero-order valence-electron chi connectivity index (χ0n) is 11.2. The van der Waals surface area contributed by atoms with E-state index in [1.165, 1.54) is 0 Å². The molecule has 3 N–H and O–H groups in total. The van der Waals surface area contributed by atoms with E-state index in [-0.39, 0.29) is 6.10 Å². The highest BCUT2D eigenvalue weighted by atomic mass is 16.5. The zero-order chi connectivity index (χ0) is 13.7. The molecule has 0 aromatic carbocycles. The van der Waals surface area contributed by atoms with Crippen molar-refractivity contribution < 1.29 is 4.74 Å². The van der Waals surface area contributed by atoms with E-state index in [0.29, 0.717) is 11.6 Å². The van der Waals surface area contributed by atoms with Crippen molar-refractivity contribution in [2.75, 3.05) is 17.6 Å². The Morgan fingerprint density at radius 1 is 1.42 bits per heavy atom. The maximum absolute atomic E-state index is 5.81. The van der Waals surface area contributed by atoms with Crippen molar-refractivity contribution in [1.82, 2.24) is 14.8 Å². The lowest BCUT2D eigenvalue weighted by molar-refractivity contribution is 0.234. The molecule has 0 radical (unpaired) electrons. The van der Waals surface area contributed by atoms with Crippen LogP contribution in [0.1, 0.15) is 13.8 Å². The third-order valence-electron chi connectivity index (χ3n) is 2.44. The molecule has 102 valence electrons. The molecule has 2 rings (SSSR count). The Hall–Kier alpha value is -2.24. The van der Waals surface area contributed by atoms with Gasteiger partial charge in [0.1, 0.15) is 5.82 Å². The molecule has 2 aromatic heterocycles. The predicted octanol–water partition coefficient (Wildman–Crippen LogP) is 1.76. The molecule has 0 atom stereocenters. The molecule has 0 unspecified atom stereocenters. The van der Waals surface area contributed by atoms with Gasteiger partial charge in [-0.2, -0.15) is 10.1 Å². The van der Waals surface area contributed by atoms with Gasteiger partial charge < -0.3 is 15.8 Å². The van der Waals surface area contributed by atoms with E-state index in [0.717, 1.165) is 18.9 Å². The summed E-state index contributed by atoms with van der Waals surface area (Å²) in [4.78, 5) is 4.34. The Morgan fingerprint density at radius 3 is 2.95 bits per heavy atom. The van der Waals surface area contributed by atoms with Crippen LogP contribution in [0.5, 0.6) is 5.88 Å². The van der Waals surface area contributed by atoms with Gasteiger partial charge in [-0.15, -0.1) is 0 Å². The minimum Gasteiger partial charge on any atom is -0.473 e. The van der Waals surface area contributed by atoms with Crippen LogP contribution in [0.3, 0.4) is 0 Å². The third kappa shape index (κ3) is 3.87. The van der Waals surface area contributed by atoms with E-state index in [2.05, 4.69) is 15.4 Å². The summed E-state index contributed by atoms with van der Waals surface area (Å²) >= 11 is 0. The Labute approximate surface area is 112 Å². The molecule has 0 aliphatic heterocycles. The summed E-state index contributed by atoms with van der Waals surface area (Å²) < 4.78 is 7.40. The van der Waals surface area contributed by atoms with Gasteiger partial charge in [0.25, 0.3) is 0 Å².